The maximum atomic E-state index is 13.6. The van der Waals surface area contributed by atoms with E-state index >= 15 is 0 Å². The number of halogens is 2. The van der Waals surface area contributed by atoms with Crippen LogP contribution in [0.15, 0.2) is 22.7 Å². The lowest BCUT2D eigenvalue weighted by Crippen LogP contribution is -2.48. The summed E-state index contributed by atoms with van der Waals surface area (Å²) in [6.07, 6.45) is 0. The summed E-state index contributed by atoms with van der Waals surface area (Å²) in [4.78, 5) is 2.29. The SMILES string of the molecule is CC1CN(Cc2ccc(Br)cc2F)CCN1. The van der Waals surface area contributed by atoms with Crippen LogP contribution in [0.5, 0.6) is 0 Å². The minimum Gasteiger partial charge on any atom is -0.312 e. The van der Waals surface area contributed by atoms with Gasteiger partial charge in [-0.25, -0.2) is 4.39 Å². The Hall–Kier alpha value is -0.450. The fourth-order valence-corrected chi connectivity index (χ4v) is 2.38. The van der Waals surface area contributed by atoms with Crippen LogP contribution >= 0.6 is 15.9 Å². The van der Waals surface area contributed by atoms with Crippen LogP contribution in [-0.4, -0.2) is 30.6 Å². The third kappa shape index (κ3) is 3.03. The molecule has 1 saturated heterocycles. The lowest BCUT2D eigenvalue weighted by atomic mass is 10.1. The summed E-state index contributed by atoms with van der Waals surface area (Å²) >= 11 is 3.27. The van der Waals surface area contributed by atoms with Crippen molar-refractivity contribution in [2.24, 2.45) is 0 Å². The van der Waals surface area contributed by atoms with E-state index in [1.54, 1.807) is 0 Å². The van der Waals surface area contributed by atoms with Crippen molar-refractivity contribution in [1.29, 1.82) is 0 Å². The van der Waals surface area contributed by atoms with Crippen LogP contribution in [0.2, 0.25) is 0 Å². The smallest absolute Gasteiger partial charge is 0.128 e. The van der Waals surface area contributed by atoms with Gasteiger partial charge in [-0.3, -0.25) is 4.90 Å². The summed E-state index contributed by atoms with van der Waals surface area (Å²) < 4.78 is 14.4. The average molecular weight is 287 g/mol. The predicted molar refractivity (Wildman–Crippen MR) is 66.8 cm³/mol. The molecule has 2 rings (SSSR count). The summed E-state index contributed by atoms with van der Waals surface area (Å²) in [6.45, 7) is 5.81. The Morgan fingerprint density at radius 3 is 3.06 bits per heavy atom. The van der Waals surface area contributed by atoms with Crippen LogP contribution < -0.4 is 5.32 Å². The molecule has 0 spiro atoms. The first-order valence-corrected chi connectivity index (χ1v) is 6.34. The highest BCUT2D eigenvalue weighted by Crippen LogP contribution is 2.17. The molecule has 88 valence electrons. The first-order chi connectivity index (χ1) is 7.65. The van der Waals surface area contributed by atoms with Crippen LogP contribution in [0.1, 0.15) is 12.5 Å². The van der Waals surface area contributed by atoms with E-state index in [0.29, 0.717) is 12.6 Å². The Labute approximate surface area is 104 Å². The first-order valence-electron chi connectivity index (χ1n) is 5.55. The van der Waals surface area contributed by atoms with Crippen LogP contribution in [-0.2, 0) is 6.54 Å². The van der Waals surface area contributed by atoms with Crippen molar-refractivity contribution in [3.63, 3.8) is 0 Å². The van der Waals surface area contributed by atoms with E-state index in [2.05, 4.69) is 33.1 Å². The molecule has 4 heteroatoms. The lowest BCUT2D eigenvalue weighted by Gasteiger charge is -2.31. The van der Waals surface area contributed by atoms with Gasteiger partial charge in [0.1, 0.15) is 5.82 Å². The summed E-state index contributed by atoms with van der Waals surface area (Å²) in [5, 5.41) is 3.38. The number of rotatable bonds is 2. The number of hydrogen-bond donors (Lipinski definition) is 1. The number of hydrogen-bond acceptors (Lipinski definition) is 2. The highest BCUT2D eigenvalue weighted by atomic mass is 79.9. The van der Waals surface area contributed by atoms with Crippen LogP contribution in [0, 0.1) is 5.82 Å². The summed E-state index contributed by atoms with van der Waals surface area (Å²) in [5.41, 5.74) is 0.775. The van der Waals surface area contributed by atoms with Crippen LogP contribution in [0.3, 0.4) is 0 Å². The lowest BCUT2D eigenvalue weighted by molar-refractivity contribution is 0.197. The highest BCUT2D eigenvalue weighted by molar-refractivity contribution is 9.10. The van der Waals surface area contributed by atoms with Crippen molar-refractivity contribution in [3.8, 4) is 0 Å². The molecule has 0 bridgehead atoms. The van der Waals surface area contributed by atoms with E-state index in [9.17, 15) is 4.39 Å². The minimum atomic E-state index is -0.124. The van der Waals surface area contributed by atoms with Crippen molar-refractivity contribution < 1.29 is 4.39 Å². The molecule has 0 amide bonds. The van der Waals surface area contributed by atoms with Crippen molar-refractivity contribution in [3.05, 3.63) is 34.1 Å². The Morgan fingerprint density at radius 2 is 2.38 bits per heavy atom. The second-order valence-corrected chi connectivity index (χ2v) is 5.24. The second-order valence-electron chi connectivity index (χ2n) is 4.33. The fourth-order valence-electron chi connectivity index (χ4n) is 2.05. The molecule has 1 aliphatic rings. The third-order valence-corrected chi connectivity index (χ3v) is 3.36. The van der Waals surface area contributed by atoms with Crippen molar-refractivity contribution >= 4 is 15.9 Å². The second kappa shape index (κ2) is 5.25. The largest absolute Gasteiger partial charge is 0.312 e. The Bertz CT molecular complexity index is 370. The molecule has 1 aromatic carbocycles. The molecule has 0 radical (unpaired) electrons. The Balaban J connectivity index is 2.02. The van der Waals surface area contributed by atoms with E-state index < -0.39 is 0 Å². The molecule has 1 atom stereocenters. The zero-order valence-electron chi connectivity index (χ0n) is 9.34. The zero-order valence-corrected chi connectivity index (χ0v) is 10.9. The molecule has 1 aliphatic heterocycles. The molecule has 1 heterocycles. The van der Waals surface area contributed by atoms with Crippen molar-refractivity contribution in [2.75, 3.05) is 19.6 Å². The molecule has 2 nitrogen and oxygen atoms in total. The molecule has 0 aromatic heterocycles. The number of nitrogens with zero attached hydrogens (tertiary/aromatic N) is 1. The van der Waals surface area contributed by atoms with E-state index in [-0.39, 0.29) is 5.82 Å². The fraction of sp³-hybridized carbons (Fsp3) is 0.500. The van der Waals surface area contributed by atoms with Gasteiger partial charge in [0, 0.05) is 42.3 Å². The van der Waals surface area contributed by atoms with E-state index in [0.717, 1.165) is 29.7 Å². The van der Waals surface area contributed by atoms with Gasteiger partial charge < -0.3 is 5.32 Å². The highest BCUT2D eigenvalue weighted by Gasteiger charge is 2.16. The number of nitrogens with one attached hydrogen (secondary N) is 1. The quantitative estimate of drug-likeness (QED) is 0.898. The summed E-state index contributed by atoms with van der Waals surface area (Å²) in [6, 6.07) is 5.77. The van der Waals surface area contributed by atoms with Gasteiger partial charge in [-0.15, -0.1) is 0 Å². The van der Waals surface area contributed by atoms with Gasteiger partial charge in [-0.05, 0) is 19.1 Å². The molecule has 1 aromatic rings. The van der Waals surface area contributed by atoms with Crippen molar-refractivity contribution in [1.82, 2.24) is 10.2 Å². The average Bonchev–Trinajstić information content (AvgIpc) is 2.22. The standard InChI is InChI=1S/C12H16BrFN2/c1-9-7-16(5-4-15-9)8-10-2-3-11(13)6-12(10)14/h2-3,6,9,15H,4-5,7-8H2,1H3. The van der Waals surface area contributed by atoms with E-state index in [1.165, 1.54) is 6.07 Å². The molecule has 0 aliphatic carbocycles. The molecular formula is C12H16BrFN2. The van der Waals surface area contributed by atoms with Gasteiger partial charge in [0.2, 0.25) is 0 Å². The molecule has 1 fully saturated rings. The molecule has 0 saturated carbocycles. The first kappa shape index (κ1) is 12.0. The van der Waals surface area contributed by atoms with Gasteiger partial charge in [0.15, 0.2) is 0 Å². The molecule has 16 heavy (non-hydrogen) atoms. The zero-order chi connectivity index (χ0) is 11.5. The Kier molecular flexibility index (Phi) is 3.95. The van der Waals surface area contributed by atoms with Gasteiger partial charge >= 0.3 is 0 Å². The predicted octanol–water partition coefficient (Wildman–Crippen LogP) is 2.38. The van der Waals surface area contributed by atoms with E-state index in [1.807, 2.05) is 12.1 Å². The van der Waals surface area contributed by atoms with Crippen LogP contribution in [0.25, 0.3) is 0 Å². The van der Waals surface area contributed by atoms with Gasteiger partial charge in [0.25, 0.3) is 0 Å². The van der Waals surface area contributed by atoms with Gasteiger partial charge in [0.05, 0.1) is 0 Å². The molecule has 1 N–H and O–H groups in total. The normalized spacial score (nSPS) is 22.3. The maximum absolute atomic E-state index is 13.6. The minimum absolute atomic E-state index is 0.124. The van der Waals surface area contributed by atoms with E-state index in [4.69, 9.17) is 0 Å². The molecular weight excluding hydrogens is 271 g/mol. The summed E-state index contributed by atoms with van der Waals surface area (Å²) in [7, 11) is 0. The molecule has 1 unspecified atom stereocenters. The number of piperazine rings is 1. The topological polar surface area (TPSA) is 15.3 Å². The van der Waals surface area contributed by atoms with Crippen LogP contribution in [0.4, 0.5) is 4.39 Å². The van der Waals surface area contributed by atoms with Gasteiger partial charge in [-0.2, -0.15) is 0 Å². The van der Waals surface area contributed by atoms with Crippen molar-refractivity contribution in [2.45, 2.75) is 19.5 Å². The maximum Gasteiger partial charge on any atom is 0.128 e. The Morgan fingerprint density at radius 1 is 1.56 bits per heavy atom. The summed E-state index contributed by atoms with van der Waals surface area (Å²) in [5.74, 6) is -0.124. The third-order valence-electron chi connectivity index (χ3n) is 2.86. The monoisotopic (exact) mass is 286 g/mol. The van der Waals surface area contributed by atoms with Gasteiger partial charge in [-0.1, -0.05) is 22.0 Å². The number of benzene rings is 1.